The number of nitrogens with one attached hydrogen (secondary N) is 2. The molecule has 1 atom stereocenters. The Morgan fingerprint density at radius 3 is 2.84 bits per heavy atom. The number of ether oxygens (including phenoxy) is 1. The third kappa shape index (κ3) is 5.39. The van der Waals surface area contributed by atoms with E-state index in [1.54, 1.807) is 24.3 Å². The number of hydrogen-bond acceptors (Lipinski definition) is 5. The third-order valence-electron chi connectivity index (χ3n) is 3.48. The van der Waals surface area contributed by atoms with E-state index >= 15 is 0 Å². The quantitative estimate of drug-likeness (QED) is 0.521. The summed E-state index contributed by atoms with van der Waals surface area (Å²) in [6.45, 7) is 1.90. The Kier molecular flexibility index (Phi) is 6.65. The number of phenolic OH excluding ortho intramolecular Hbond substituents is 1. The molecular weight excluding hydrogens is 342 g/mol. The molecule has 0 aromatic heterocycles. The summed E-state index contributed by atoms with van der Waals surface area (Å²) in [7, 11) is 1.46. The van der Waals surface area contributed by atoms with Gasteiger partial charge in [0.2, 0.25) is 0 Å². The van der Waals surface area contributed by atoms with E-state index in [9.17, 15) is 9.90 Å². The number of hydrazone groups is 1. The van der Waals surface area contributed by atoms with Crippen LogP contribution in [0.1, 0.15) is 18.9 Å². The maximum absolute atomic E-state index is 12.2. The average molecular weight is 362 g/mol. The van der Waals surface area contributed by atoms with Crippen molar-refractivity contribution in [3.8, 4) is 11.5 Å². The van der Waals surface area contributed by atoms with Crippen LogP contribution in [0.4, 0.5) is 5.69 Å². The monoisotopic (exact) mass is 361 g/mol. The van der Waals surface area contributed by atoms with Crippen LogP contribution < -0.4 is 15.5 Å². The Morgan fingerprint density at radius 1 is 1.36 bits per heavy atom. The predicted octanol–water partition coefficient (Wildman–Crippen LogP) is 3.40. The first-order valence-corrected chi connectivity index (χ1v) is 8.13. The zero-order valence-corrected chi connectivity index (χ0v) is 14.7. The SMILES string of the molecule is CCC(Nc1cccc(Cl)c1)C(=O)NN=Cc1ccc(O)c(OC)c1. The van der Waals surface area contributed by atoms with Gasteiger partial charge in [0.25, 0.3) is 5.91 Å². The van der Waals surface area contributed by atoms with Gasteiger partial charge >= 0.3 is 0 Å². The van der Waals surface area contributed by atoms with E-state index in [1.807, 2.05) is 19.1 Å². The van der Waals surface area contributed by atoms with Crippen molar-refractivity contribution < 1.29 is 14.6 Å². The van der Waals surface area contributed by atoms with E-state index in [0.29, 0.717) is 22.8 Å². The summed E-state index contributed by atoms with van der Waals surface area (Å²) >= 11 is 5.95. The van der Waals surface area contributed by atoms with Crippen molar-refractivity contribution in [3.05, 3.63) is 53.1 Å². The highest BCUT2D eigenvalue weighted by molar-refractivity contribution is 6.30. The van der Waals surface area contributed by atoms with E-state index in [0.717, 1.165) is 5.69 Å². The highest BCUT2D eigenvalue weighted by Gasteiger charge is 2.15. The molecule has 0 aliphatic heterocycles. The van der Waals surface area contributed by atoms with Gasteiger partial charge in [-0.15, -0.1) is 0 Å². The maximum atomic E-state index is 12.2. The molecular formula is C18H20ClN3O3. The molecule has 1 unspecified atom stereocenters. The van der Waals surface area contributed by atoms with Crippen LogP contribution in [0.5, 0.6) is 11.5 Å². The molecule has 2 aromatic rings. The molecule has 0 radical (unpaired) electrons. The molecule has 0 saturated heterocycles. The van der Waals surface area contributed by atoms with Gasteiger partial charge in [-0.1, -0.05) is 24.6 Å². The predicted molar refractivity (Wildman–Crippen MR) is 99.5 cm³/mol. The number of halogens is 1. The Balaban J connectivity index is 1.97. The number of aromatic hydroxyl groups is 1. The number of carbonyl (C=O) groups is 1. The topological polar surface area (TPSA) is 83.0 Å². The number of nitrogens with zero attached hydrogens (tertiary/aromatic N) is 1. The summed E-state index contributed by atoms with van der Waals surface area (Å²) in [5.74, 6) is 0.120. The van der Waals surface area contributed by atoms with Crippen molar-refractivity contribution >= 4 is 29.4 Å². The highest BCUT2D eigenvalue weighted by atomic mass is 35.5. The van der Waals surface area contributed by atoms with Crippen LogP contribution in [0.15, 0.2) is 47.6 Å². The minimum absolute atomic E-state index is 0.0421. The molecule has 0 aliphatic carbocycles. The lowest BCUT2D eigenvalue weighted by Crippen LogP contribution is -2.36. The number of amides is 1. The summed E-state index contributed by atoms with van der Waals surface area (Å²) in [6.07, 6.45) is 2.06. The fourth-order valence-electron chi connectivity index (χ4n) is 2.16. The highest BCUT2D eigenvalue weighted by Crippen LogP contribution is 2.25. The summed E-state index contributed by atoms with van der Waals surface area (Å²) in [5, 5.41) is 17.2. The van der Waals surface area contributed by atoms with Crippen molar-refractivity contribution in [2.24, 2.45) is 5.10 Å². The summed E-state index contributed by atoms with van der Waals surface area (Å²) < 4.78 is 5.02. The van der Waals surface area contributed by atoms with Crippen molar-refractivity contribution in [2.45, 2.75) is 19.4 Å². The van der Waals surface area contributed by atoms with Crippen LogP contribution in [0.3, 0.4) is 0 Å². The van der Waals surface area contributed by atoms with Gasteiger partial charge in [-0.3, -0.25) is 4.79 Å². The van der Waals surface area contributed by atoms with Gasteiger partial charge in [0.05, 0.1) is 13.3 Å². The summed E-state index contributed by atoms with van der Waals surface area (Å²) in [4.78, 5) is 12.2. The van der Waals surface area contributed by atoms with Crippen LogP contribution in [0, 0.1) is 0 Å². The number of phenols is 1. The Hall–Kier alpha value is -2.73. The Bertz CT molecular complexity index is 765. The average Bonchev–Trinajstić information content (AvgIpc) is 2.61. The second-order valence-electron chi connectivity index (χ2n) is 5.28. The number of benzene rings is 2. The normalized spacial score (nSPS) is 12.0. The van der Waals surface area contributed by atoms with Crippen molar-refractivity contribution in [1.82, 2.24) is 5.43 Å². The lowest BCUT2D eigenvalue weighted by Gasteiger charge is -2.16. The van der Waals surface area contributed by atoms with Crippen LogP contribution in [0.2, 0.25) is 5.02 Å². The van der Waals surface area contributed by atoms with Gasteiger partial charge in [-0.05, 0) is 48.4 Å². The molecule has 0 bridgehead atoms. The second-order valence-corrected chi connectivity index (χ2v) is 5.72. The smallest absolute Gasteiger partial charge is 0.262 e. The van der Waals surface area contributed by atoms with Crippen molar-refractivity contribution in [3.63, 3.8) is 0 Å². The maximum Gasteiger partial charge on any atom is 0.262 e. The molecule has 0 saturated carbocycles. The van der Waals surface area contributed by atoms with Gasteiger partial charge < -0.3 is 15.2 Å². The number of rotatable bonds is 7. The summed E-state index contributed by atoms with van der Waals surface area (Å²) in [6, 6.07) is 11.5. The van der Waals surface area contributed by atoms with E-state index < -0.39 is 6.04 Å². The lowest BCUT2D eigenvalue weighted by molar-refractivity contribution is -0.121. The largest absolute Gasteiger partial charge is 0.504 e. The first kappa shape index (κ1) is 18.6. The van der Waals surface area contributed by atoms with Gasteiger partial charge in [-0.2, -0.15) is 5.10 Å². The molecule has 6 nitrogen and oxygen atoms in total. The van der Waals surface area contributed by atoms with Crippen LogP contribution >= 0.6 is 11.6 Å². The molecule has 132 valence electrons. The van der Waals surface area contributed by atoms with E-state index in [-0.39, 0.29) is 11.7 Å². The summed E-state index contributed by atoms with van der Waals surface area (Å²) in [5.41, 5.74) is 3.95. The fourth-order valence-corrected chi connectivity index (χ4v) is 2.35. The van der Waals surface area contributed by atoms with Gasteiger partial charge in [-0.25, -0.2) is 5.43 Å². The Labute approximate surface area is 151 Å². The van der Waals surface area contributed by atoms with E-state index in [4.69, 9.17) is 16.3 Å². The zero-order chi connectivity index (χ0) is 18.2. The minimum atomic E-state index is -0.440. The van der Waals surface area contributed by atoms with Gasteiger partial charge in [0, 0.05) is 10.7 Å². The standard InChI is InChI=1S/C18H20ClN3O3/c1-3-15(21-14-6-4-5-13(19)10-14)18(24)22-20-11-12-7-8-16(23)17(9-12)25-2/h4-11,15,21,23H,3H2,1-2H3,(H,22,24). The molecule has 3 N–H and O–H groups in total. The van der Waals surface area contributed by atoms with Crippen LogP contribution in [-0.4, -0.2) is 30.4 Å². The molecule has 1 amide bonds. The van der Waals surface area contributed by atoms with Gasteiger partial charge in [0.15, 0.2) is 11.5 Å². The van der Waals surface area contributed by atoms with Crippen molar-refractivity contribution in [1.29, 1.82) is 0 Å². The van der Waals surface area contributed by atoms with Crippen LogP contribution in [0.25, 0.3) is 0 Å². The molecule has 0 aliphatic rings. The molecule has 0 spiro atoms. The number of carbonyl (C=O) groups excluding carboxylic acids is 1. The molecule has 2 rings (SSSR count). The van der Waals surface area contributed by atoms with Gasteiger partial charge in [0.1, 0.15) is 6.04 Å². The minimum Gasteiger partial charge on any atom is -0.504 e. The number of hydrogen-bond donors (Lipinski definition) is 3. The molecule has 25 heavy (non-hydrogen) atoms. The van der Waals surface area contributed by atoms with E-state index in [1.165, 1.54) is 19.4 Å². The van der Waals surface area contributed by atoms with Crippen LogP contribution in [-0.2, 0) is 4.79 Å². The van der Waals surface area contributed by atoms with E-state index in [2.05, 4.69) is 15.8 Å². The Morgan fingerprint density at radius 2 is 2.16 bits per heavy atom. The van der Waals surface area contributed by atoms with Crippen molar-refractivity contribution in [2.75, 3.05) is 12.4 Å². The first-order valence-electron chi connectivity index (χ1n) is 7.75. The zero-order valence-electron chi connectivity index (χ0n) is 14.0. The molecule has 0 fully saturated rings. The second kappa shape index (κ2) is 8.94. The molecule has 7 heteroatoms. The fraction of sp³-hybridized carbons (Fsp3) is 0.222. The molecule has 0 heterocycles. The number of anilines is 1. The number of methoxy groups -OCH3 is 1. The lowest BCUT2D eigenvalue weighted by atomic mass is 10.2. The first-order chi connectivity index (χ1) is 12.0. The third-order valence-corrected chi connectivity index (χ3v) is 3.72. The molecule has 2 aromatic carbocycles.